The lowest BCUT2D eigenvalue weighted by atomic mass is 10.0. The third kappa shape index (κ3) is 5.60. The van der Waals surface area contributed by atoms with Gasteiger partial charge in [0, 0.05) is 5.69 Å². The molecule has 2 aromatic rings. The lowest BCUT2D eigenvalue weighted by Gasteiger charge is -2.21. The van der Waals surface area contributed by atoms with Gasteiger partial charge in [0.1, 0.15) is 0 Å². The summed E-state index contributed by atoms with van der Waals surface area (Å²) in [5.41, 5.74) is 2.22. The largest absolute Gasteiger partial charge is 0.493 e. The van der Waals surface area contributed by atoms with Crippen LogP contribution in [-0.2, 0) is 4.74 Å². The van der Waals surface area contributed by atoms with Gasteiger partial charge >= 0.3 is 5.97 Å². The molecule has 6 nitrogen and oxygen atoms in total. The van der Waals surface area contributed by atoms with Crippen LogP contribution in [0.2, 0.25) is 0 Å². The minimum atomic E-state index is -0.359. The summed E-state index contributed by atoms with van der Waals surface area (Å²) in [6.07, 6.45) is 0.820. The highest BCUT2D eigenvalue weighted by atomic mass is 32.1. The number of rotatable bonds is 8. The maximum Gasteiger partial charge on any atom is 0.338 e. The Morgan fingerprint density at radius 3 is 2.46 bits per heavy atom. The molecule has 0 radical (unpaired) electrons. The summed E-state index contributed by atoms with van der Waals surface area (Å²) in [5, 5.41) is 6.88. The Bertz CT molecular complexity index is 826. The normalized spacial score (nSPS) is 11.3. The van der Waals surface area contributed by atoms with Gasteiger partial charge in [0.05, 0.1) is 32.4 Å². The van der Waals surface area contributed by atoms with Crippen molar-refractivity contribution in [3.05, 3.63) is 53.6 Å². The van der Waals surface area contributed by atoms with Crippen molar-refractivity contribution in [2.24, 2.45) is 0 Å². The fraction of sp³-hybridized carbons (Fsp3) is 0.333. The lowest BCUT2D eigenvalue weighted by Crippen LogP contribution is -2.32. The van der Waals surface area contributed by atoms with E-state index in [0.717, 1.165) is 12.0 Å². The molecular weight excluding hydrogens is 376 g/mol. The molecule has 0 saturated heterocycles. The Morgan fingerprint density at radius 1 is 1.07 bits per heavy atom. The van der Waals surface area contributed by atoms with Crippen LogP contribution in [0.5, 0.6) is 11.5 Å². The Morgan fingerprint density at radius 2 is 1.82 bits per heavy atom. The molecule has 0 unspecified atom stereocenters. The molecule has 0 heterocycles. The van der Waals surface area contributed by atoms with E-state index in [-0.39, 0.29) is 12.0 Å². The van der Waals surface area contributed by atoms with Gasteiger partial charge in [-0.25, -0.2) is 4.79 Å². The number of methoxy groups -OCH3 is 2. The Balaban J connectivity index is 2.09. The van der Waals surface area contributed by atoms with Gasteiger partial charge in [-0.3, -0.25) is 0 Å². The standard InChI is InChI=1S/C21H26N2O4S/c1-5-17(14-10-11-18(25-3)19(13-14)26-4)23-21(28)22-16-9-7-8-15(12-16)20(24)27-6-2/h7-13,17H,5-6H2,1-4H3,(H2,22,23,28)/t17-/m0/s1. The van der Waals surface area contributed by atoms with E-state index in [2.05, 4.69) is 17.6 Å². The van der Waals surface area contributed by atoms with Crippen molar-refractivity contribution in [3.8, 4) is 11.5 Å². The van der Waals surface area contributed by atoms with Gasteiger partial charge in [-0.1, -0.05) is 19.1 Å². The molecule has 7 heteroatoms. The molecular formula is C21H26N2O4S. The van der Waals surface area contributed by atoms with Crippen LogP contribution in [0.25, 0.3) is 0 Å². The van der Waals surface area contributed by atoms with Crippen LogP contribution in [0.15, 0.2) is 42.5 Å². The highest BCUT2D eigenvalue weighted by Crippen LogP contribution is 2.30. The predicted molar refractivity (Wildman–Crippen MR) is 114 cm³/mol. The summed E-state index contributed by atoms with van der Waals surface area (Å²) < 4.78 is 15.7. The molecule has 2 aromatic carbocycles. The first kappa shape index (κ1) is 21.5. The van der Waals surface area contributed by atoms with Gasteiger partial charge < -0.3 is 24.8 Å². The number of benzene rings is 2. The number of carbonyl (C=O) groups excluding carboxylic acids is 1. The zero-order chi connectivity index (χ0) is 20.5. The van der Waals surface area contributed by atoms with Crippen molar-refractivity contribution in [2.45, 2.75) is 26.3 Å². The van der Waals surface area contributed by atoms with Crippen LogP contribution in [0.1, 0.15) is 42.2 Å². The molecule has 2 N–H and O–H groups in total. The Hall–Kier alpha value is -2.80. The van der Waals surface area contributed by atoms with E-state index in [4.69, 9.17) is 26.4 Å². The molecule has 28 heavy (non-hydrogen) atoms. The van der Waals surface area contributed by atoms with Crippen LogP contribution in [0.3, 0.4) is 0 Å². The van der Waals surface area contributed by atoms with Gasteiger partial charge in [0.2, 0.25) is 0 Å². The van der Waals surface area contributed by atoms with Crippen molar-refractivity contribution in [1.29, 1.82) is 0 Å². The third-order valence-electron chi connectivity index (χ3n) is 4.16. The number of nitrogens with one attached hydrogen (secondary N) is 2. The average molecular weight is 403 g/mol. The summed E-state index contributed by atoms with van der Waals surface area (Å²) in [6.45, 7) is 4.18. The fourth-order valence-corrected chi connectivity index (χ4v) is 3.01. The summed E-state index contributed by atoms with van der Waals surface area (Å²) in [7, 11) is 3.22. The lowest BCUT2D eigenvalue weighted by molar-refractivity contribution is 0.0526. The molecule has 0 fully saturated rings. The van der Waals surface area contributed by atoms with Gasteiger partial charge in [-0.2, -0.15) is 0 Å². The number of esters is 1. The number of carbonyl (C=O) groups is 1. The number of hydrogen-bond donors (Lipinski definition) is 2. The SMILES string of the molecule is CCOC(=O)c1cccc(NC(=S)N[C@@H](CC)c2ccc(OC)c(OC)c2)c1. The van der Waals surface area contributed by atoms with Crippen molar-refractivity contribution in [1.82, 2.24) is 5.32 Å². The van der Waals surface area contributed by atoms with Crippen molar-refractivity contribution >= 4 is 29.0 Å². The molecule has 0 aliphatic heterocycles. The van der Waals surface area contributed by atoms with Crippen LogP contribution >= 0.6 is 12.2 Å². The van der Waals surface area contributed by atoms with Crippen molar-refractivity contribution in [3.63, 3.8) is 0 Å². The van der Waals surface area contributed by atoms with Crippen LogP contribution in [0, 0.1) is 0 Å². The molecule has 0 aromatic heterocycles. The molecule has 0 spiro atoms. The highest BCUT2D eigenvalue weighted by Gasteiger charge is 2.14. The monoisotopic (exact) mass is 402 g/mol. The average Bonchev–Trinajstić information content (AvgIpc) is 2.71. The summed E-state index contributed by atoms with van der Waals surface area (Å²) in [4.78, 5) is 11.9. The van der Waals surface area contributed by atoms with E-state index >= 15 is 0 Å². The number of ether oxygens (including phenoxy) is 3. The maximum absolute atomic E-state index is 11.9. The molecule has 0 saturated carbocycles. The molecule has 2 rings (SSSR count). The maximum atomic E-state index is 11.9. The molecule has 0 amide bonds. The fourth-order valence-electron chi connectivity index (χ4n) is 2.75. The van der Waals surface area contributed by atoms with Gasteiger partial charge in [0.15, 0.2) is 16.6 Å². The molecule has 150 valence electrons. The van der Waals surface area contributed by atoms with Gasteiger partial charge in [-0.05, 0) is 61.5 Å². The quantitative estimate of drug-likeness (QED) is 0.503. The predicted octanol–water partition coefficient (Wildman–Crippen LogP) is 4.32. The highest BCUT2D eigenvalue weighted by molar-refractivity contribution is 7.80. The smallest absolute Gasteiger partial charge is 0.338 e. The van der Waals surface area contributed by atoms with E-state index in [9.17, 15) is 4.79 Å². The van der Waals surface area contributed by atoms with Gasteiger partial charge in [0.25, 0.3) is 0 Å². The van der Waals surface area contributed by atoms with Crippen LogP contribution in [0.4, 0.5) is 5.69 Å². The van der Waals surface area contributed by atoms with Crippen molar-refractivity contribution in [2.75, 3.05) is 26.1 Å². The van der Waals surface area contributed by atoms with Gasteiger partial charge in [-0.15, -0.1) is 0 Å². The summed E-state index contributed by atoms with van der Waals surface area (Å²) >= 11 is 5.45. The van der Waals surface area contributed by atoms with E-state index in [1.54, 1.807) is 39.3 Å². The van der Waals surface area contributed by atoms with Crippen LogP contribution in [-0.4, -0.2) is 31.9 Å². The second kappa shape index (κ2) is 10.5. The zero-order valence-electron chi connectivity index (χ0n) is 16.6. The van der Waals surface area contributed by atoms with Crippen LogP contribution < -0.4 is 20.1 Å². The molecule has 0 aliphatic rings. The number of thiocarbonyl (C=S) groups is 1. The Kier molecular flexibility index (Phi) is 8.07. The first-order valence-electron chi connectivity index (χ1n) is 9.09. The Labute approximate surface area is 171 Å². The number of anilines is 1. The summed E-state index contributed by atoms with van der Waals surface area (Å²) in [6, 6.07) is 12.8. The van der Waals surface area contributed by atoms with E-state index < -0.39 is 0 Å². The first-order chi connectivity index (χ1) is 13.5. The van der Waals surface area contributed by atoms with Crippen molar-refractivity contribution < 1.29 is 19.0 Å². The zero-order valence-corrected chi connectivity index (χ0v) is 17.4. The number of hydrogen-bond acceptors (Lipinski definition) is 5. The second-order valence-electron chi connectivity index (χ2n) is 5.97. The second-order valence-corrected chi connectivity index (χ2v) is 6.38. The summed E-state index contributed by atoms with van der Waals surface area (Å²) in [5.74, 6) is 0.987. The van der Waals surface area contributed by atoms with E-state index in [1.165, 1.54) is 0 Å². The third-order valence-corrected chi connectivity index (χ3v) is 4.38. The topological polar surface area (TPSA) is 68.8 Å². The molecule has 0 aliphatic carbocycles. The van der Waals surface area contributed by atoms with E-state index in [0.29, 0.717) is 34.5 Å². The minimum absolute atomic E-state index is 0.00644. The van der Waals surface area contributed by atoms with E-state index in [1.807, 2.05) is 24.3 Å². The minimum Gasteiger partial charge on any atom is -0.493 e. The first-order valence-corrected chi connectivity index (χ1v) is 9.49. The molecule has 0 bridgehead atoms. The molecule has 1 atom stereocenters.